The van der Waals surface area contributed by atoms with Crippen LogP contribution >= 0.6 is 0 Å². The van der Waals surface area contributed by atoms with Crippen molar-refractivity contribution in [2.24, 2.45) is 5.41 Å². The Balaban J connectivity index is 0.00000128. The van der Waals surface area contributed by atoms with E-state index in [1.54, 1.807) is 0 Å². The Kier molecular flexibility index (Phi) is 4.47. The van der Waals surface area contributed by atoms with E-state index in [0.29, 0.717) is 0 Å². The topological polar surface area (TPSA) is 0 Å². The van der Waals surface area contributed by atoms with Gasteiger partial charge >= 0.3 is 21.7 Å². The Morgan fingerprint density at radius 2 is 1.50 bits per heavy atom. The Morgan fingerprint density at radius 3 is 1.75 bits per heavy atom. The van der Waals surface area contributed by atoms with Crippen LogP contribution < -0.4 is 0 Å². The van der Waals surface area contributed by atoms with Crippen molar-refractivity contribution in [1.82, 2.24) is 0 Å². The second kappa shape index (κ2) is 5.25. The maximum Gasteiger partial charge on any atom is 2.00 e. The molecule has 0 heterocycles. The molecule has 16 heavy (non-hydrogen) atoms. The van der Waals surface area contributed by atoms with Crippen molar-refractivity contribution in [3.05, 3.63) is 60.4 Å². The molecule has 0 saturated carbocycles. The third-order valence-corrected chi connectivity index (χ3v) is 2.86. The van der Waals surface area contributed by atoms with Crippen LogP contribution in [0.4, 0.5) is 0 Å². The summed E-state index contributed by atoms with van der Waals surface area (Å²) in [5, 5.41) is 0. The van der Waals surface area contributed by atoms with Crippen LogP contribution in [0.5, 0.6) is 0 Å². The van der Waals surface area contributed by atoms with Gasteiger partial charge in [0.1, 0.15) is 0 Å². The van der Waals surface area contributed by atoms with Crippen LogP contribution in [0.3, 0.4) is 0 Å². The first-order valence-corrected chi connectivity index (χ1v) is 5.54. The van der Waals surface area contributed by atoms with Crippen LogP contribution in [-0.4, -0.2) is 0 Å². The summed E-state index contributed by atoms with van der Waals surface area (Å²) in [7, 11) is 0. The van der Waals surface area contributed by atoms with Crippen LogP contribution in [0.25, 0.3) is 0 Å². The minimum atomic E-state index is -0.00426. The Labute approximate surface area is 114 Å². The van der Waals surface area contributed by atoms with Crippen molar-refractivity contribution in [2.75, 3.05) is 0 Å². The predicted molar refractivity (Wildman–Crippen MR) is 66.1 cm³/mol. The van der Waals surface area contributed by atoms with Gasteiger partial charge in [-0.2, -0.15) is 34.6 Å². The van der Waals surface area contributed by atoms with Crippen molar-refractivity contribution >= 4 is 0 Å². The standard InChI is InChI=1S/C15H18.Ti/c1-15(2,3)14(12-8-4-5-9-12)13-10-6-7-11-13;/h4-8,10H,1,9,11H2,2-3H3;/q-2;+2. The Bertz CT molecular complexity index is 331. The summed E-state index contributed by atoms with van der Waals surface area (Å²) in [6.07, 6.45) is 15.3. The average molecular weight is 246 g/mol. The Hall–Kier alpha value is -0.456. The fourth-order valence-electron chi connectivity index (χ4n) is 2.34. The summed E-state index contributed by atoms with van der Waals surface area (Å²) in [5.74, 6) is 1.43. The van der Waals surface area contributed by atoms with Gasteiger partial charge in [-0.05, 0) is 12.8 Å². The predicted octanol–water partition coefficient (Wildman–Crippen LogP) is 4.19. The molecule has 0 nitrogen and oxygen atoms in total. The first-order valence-electron chi connectivity index (χ1n) is 5.54. The van der Waals surface area contributed by atoms with Crippen molar-refractivity contribution < 1.29 is 21.7 Å². The van der Waals surface area contributed by atoms with E-state index in [1.807, 2.05) is 0 Å². The molecule has 2 rings (SSSR count). The minimum Gasteiger partial charge on any atom is -0.345 e. The van der Waals surface area contributed by atoms with Crippen LogP contribution in [0.1, 0.15) is 26.7 Å². The molecule has 0 fully saturated rings. The van der Waals surface area contributed by atoms with Gasteiger partial charge in [-0.25, -0.2) is 0 Å². The average Bonchev–Trinajstić information content (AvgIpc) is 2.73. The first kappa shape index (κ1) is 13.6. The third kappa shape index (κ3) is 2.81. The maximum absolute atomic E-state index is 4.29. The van der Waals surface area contributed by atoms with Crippen molar-refractivity contribution in [1.29, 1.82) is 0 Å². The van der Waals surface area contributed by atoms with E-state index >= 15 is 0 Å². The molecular weight excluding hydrogens is 228 g/mol. The van der Waals surface area contributed by atoms with Gasteiger partial charge in [0, 0.05) is 0 Å². The van der Waals surface area contributed by atoms with Crippen LogP contribution in [-0.2, 0) is 21.7 Å². The third-order valence-electron chi connectivity index (χ3n) is 2.86. The van der Waals surface area contributed by atoms with E-state index in [-0.39, 0.29) is 27.1 Å². The number of rotatable bonds is 3. The molecule has 82 valence electrons. The van der Waals surface area contributed by atoms with Crippen LogP contribution in [0.2, 0.25) is 0 Å². The molecule has 0 aromatic rings. The maximum atomic E-state index is 4.29. The van der Waals surface area contributed by atoms with Gasteiger partial charge in [0.25, 0.3) is 0 Å². The van der Waals surface area contributed by atoms with Gasteiger partial charge < -0.3 is 6.92 Å². The van der Waals surface area contributed by atoms with E-state index in [4.69, 9.17) is 0 Å². The normalized spacial score (nSPS) is 18.2. The molecule has 0 bridgehead atoms. The van der Waals surface area contributed by atoms with E-state index in [0.717, 1.165) is 12.8 Å². The molecule has 0 aliphatic heterocycles. The molecule has 0 unspecified atom stereocenters. The molecule has 0 aromatic carbocycles. The largest absolute Gasteiger partial charge is 2.00 e. The van der Waals surface area contributed by atoms with Gasteiger partial charge in [0.2, 0.25) is 0 Å². The second-order valence-corrected chi connectivity index (χ2v) is 4.91. The zero-order valence-corrected chi connectivity index (χ0v) is 11.6. The summed E-state index contributed by atoms with van der Waals surface area (Å²) in [6.45, 7) is 8.68. The van der Waals surface area contributed by atoms with Gasteiger partial charge in [-0.15, -0.1) is 12.2 Å². The monoisotopic (exact) mass is 246 g/mol. The van der Waals surface area contributed by atoms with E-state index < -0.39 is 0 Å². The van der Waals surface area contributed by atoms with Crippen molar-refractivity contribution in [2.45, 2.75) is 26.7 Å². The summed E-state index contributed by atoms with van der Waals surface area (Å²) in [5.41, 5.74) is 2.87. The number of hydrogen-bond donors (Lipinski definition) is 0. The van der Waals surface area contributed by atoms with Gasteiger partial charge in [0.15, 0.2) is 0 Å². The molecule has 0 aromatic heterocycles. The molecule has 2 aliphatic rings. The molecule has 0 saturated heterocycles. The molecule has 0 amide bonds. The first-order chi connectivity index (χ1) is 7.09. The van der Waals surface area contributed by atoms with Gasteiger partial charge in [-0.3, -0.25) is 0 Å². The molecule has 0 atom stereocenters. The molecule has 0 spiro atoms. The SMILES string of the molecule is [CH2-]C(C)(C)[C-](C1=CC=CC1)C1=CC=CC1.[Ti+2]. The van der Waals surface area contributed by atoms with Crippen molar-refractivity contribution in [3.63, 3.8) is 0 Å². The van der Waals surface area contributed by atoms with Crippen LogP contribution in [0, 0.1) is 18.3 Å². The summed E-state index contributed by atoms with van der Waals surface area (Å²) in [4.78, 5) is 0. The summed E-state index contributed by atoms with van der Waals surface area (Å²) >= 11 is 0. The quantitative estimate of drug-likeness (QED) is 0.517. The molecule has 2 aliphatic carbocycles. The zero-order valence-electron chi connectivity index (χ0n) is 10.1. The van der Waals surface area contributed by atoms with E-state index in [2.05, 4.69) is 57.2 Å². The van der Waals surface area contributed by atoms with Gasteiger partial charge in [-0.1, -0.05) is 26.0 Å². The summed E-state index contributed by atoms with van der Waals surface area (Å²) in [6, 6.07) is 0. The van der Waals surface area contributed by atoms with Gasteiger partial charge in [0.05, 0.1) is 0 Å². The molecular formula is C15H18Ti. The summed E-state index contributed by atoms with van der Waals surface area (Å²) < 4.78 is 0. The second-order valence-electron chi connectivity index (χ2n) is 4.91. The zero-order chi connectivity index (χ0) is 10.9. The fraction of sp³-hybridized carbons (Fsp3) is 0.333. The number of allylic oxidation sites excluding steroid dienone is 8. The molecule has 0 radical (unpaired) electrons. The molecule has 1 heteroatoms. The Morgan fingerprint density at radius 1 is 1.06 bits per heavy atom. The number of hydrogen-bond acceptors (Lipinski definition) is 0. The van der Waals surface area contributed by atoms with E-state index in [9.17, 15) is 0 Å². The minimum absolute atomic E-state index is 0. The fourth-order valence-corrected chi connectivity index (χ4v) is 2.34. The molecule has 0 N–H and O–H groups in total. The van der Waals surface area contributed by atoms with Crippen molar-refractivity contribution in [3.8, 4) is 0 Å². The smallest absolute Gasteiger partial charge is 0.345 e. The van der Waals surface area contributed by atoms with Crippen LogP contribution in [0.15, 0.2) is 47.6 Å². The van der Waals surface area contributed by atoms with E-state index in [1.165, 1.54) is 17.1 Å².